The Kier molecular flexibility index (Phi) is 6.08. The molecule has 0 atom stereocenters. The van der Waals surface area contributed by atoms with Crippen LogP contribution >= 0.6 is 11.8 Å². The molecular formula is C16H13F4NO2S. The van der Waals surface area contributed by atoms with Gasteiger partial charge in [-0.3, -0.25) is 4.79 Å². The number of thioether (sulfide) groups is 1. The number of amides is 1. The predicted octanol–water partition coefficient (Wildman–Crippen LogP) is 4.85. The third-order valence-electron chi connectivity index (χ3n) is 2.76. The van der Waals surface area contributed by atoms with Gasteiger partial charge in [0.1, 0.15) is 11.6 Å². The van der Waals surface area contributed by atoms with Crippen LogP contribution in [0.3, 0.4) is 0 Å². The van der Waals surface area contributed by atoms with Gasteiger partial charge in [-0.1, -0.05) is 6.07 Å². The van der Waals surface area contributed by atoms with Crippen LogP contribution < -0.4 is 10.1 Å². The first kappa shape index (κ1) is 18.1. The number of benzene rings is 2. The van der Waals surface area contributed by atoms with Gasteiger partial charge in [0.15, 0.2) is 0 Å². The average molecular weight is 359 g/mol. The lowest BCUT2D eigenvalue weighted by Gasteiger charge is -2.10. The molecule has 2 aromatic carbocycles. The number of alkyl halides is 3. The van der Waals surface area contributed by atoms with Crippen LogP contribution in [-0.2, 0) is 4.79 Å². The minimum atomic E-state index is -4.78. The lowest BCUT2D eigenvalue weighted by atomic mass is 10.3. The van der Waals surface area contributed by atoms with E-state index in [4.69, 9.17) is 0 Å². The first-order valence-corrected chi connectivity index (χ1v) is 7.84. The molecule has 0 heterocycles. The maximum atomic E-state index is 12.8. The summed E-state index contributed by atoms with van der Waals surface area (Å²) in [5.74, 6) is -0.622. The number of halogens is 4. The Labute approximate surface area is 140 Å². The minimum Gasteiger partial charge on any atom is -0.406 e. The normalized spacial score (nSPS) is 11.2. The molecule has 0 bridgehead atoms. The highest BCUT2D eigenvalue weighted by Gasteiger charge is 2.31. The Morgan fingerprint density at radius 3 is 2.50 bits per heavy atom. The van der Waals surface area contributed by atoms with Crippen LogP contribution in [0.1, 0.15) is 6.42 Å². The zero-order valence-corrected chi connectivity index (χ0v) is 13.1. The van der Waals surface area contributed by atoms with Gasteiger partial charge in [0.2, 0.25) is 5.91 Å². The van der Waals surface area contributed by atoms with Gasteiger partial charge in [-0.25, -0.2) is 4.39 Å². The maximum absolute atomic E-state index is 12.8. The zero-order chi connectivity index (χ0) is 17.6. The van der Waals surface area contributed by atoms with Crippen LogP contribution in [-0.4, -0.2) is 18.0 Å². The molecular weight excluding hydrogens is 346 g/mol. The molecule has 1 N–H and O–H groups in total. The van der Waals surface area contributed by atoms with Crippen LogP contribution in [0, 0.1) is 5.82 Å². The Bertz CT molecular complexity index is 689. The molecule has 8 heteroatoms. The maximum Gasteiger partial charge on any atom is 0.573 e. The third kappa shape index (κ3) is 6.49. The fraction of sp³-hybridized carbons (Fsp3) is 0.188. The van der Waals surface area contributed by atoms with Gasteiger partial charge in [-0.2, -0.15) is 0 Å². The van der Waals surface area contributed by atoms with Gasteiger partial charge in [-0.05, 0) is 36.4 Å². The second-order valence-electron chi connectivity index (χ2n) is 4.68. The number of carbonyl (C=O) groups is 1. The molecule has 0 aliphatic heterocycles. The monoisotopic (exact) mass is 359 g/mol. The van der Waals surface area contributed by atoms with Crippen molar-refractivity contribution in [2.75, 3.05) is 11.1 Å². The molecule has 128 valence electrons. The molecule has 0 radical (unpaired) electrons. The topological polar surface area (TPSA) is 38.3 Å². The summed E-state index contributed by atoms with van der Waals surface area (Å²) in [5.41, 5.74) is 0.216. The molecule has 0 aliphatic carbocycles. The number of ether oxygens (including phenoxy) is 1. The second kappa shape index (κ2) is 8.05. The summed E-state index contributed by atoms with van der Waals surface area (Å²) in [4.78, 5) is 12.6. The highest BCUT2D eigenvalue weighted by atomic mass is 32.2. The van der Waals surface area contributed by atoms with E-state index in [9.17, 15) is 22.4 Å². The molecule has 24 heavy (non-hydrogen) atoms. The minimum absolute atomic E-state index is 0.159. The first-order valence-electron chi connectivity index (χ1n) is 6.86. The van der Waals surface area contributed by atoms with E-state index in [-0.39, 0.29) is 23.8 Å². The van der Waals surface area contributed by atoms with E-state index in [1.807, 2.05) is 0 Å². The largest absolute Gasteiger partial charge is 0.573 e. The number of hydrogen-bond acceptors (Lipinski definition) is 3. The van der Waals surface area contributed by atoms with Crippen molar-refractivity contribution in [3.05, 3.63) is 54.3 Å². The lowest BCUT2D eigenvalue weighted by Crippen LogP contribution is -2.17. The highest BCUT2D eigenvalue weighted by Crippen LogP contribution is 2.25. The summed E-state index contributed by atoms with van der Waals surface area (Å²) < 4.78 is 53.0. The van der Waals surface area contributed by atoms with Crippen molar-refractivity contribution < 1.29 is 27.1 Å². The van der Waals surface area contributed by atoms with Gasteiger partial charge in [0.05, 0.1) is 0 Å². The van der Waals surface area contributed by atoms with Crippen molar-refractivity contribution >= 4 is 23.4 Å². The van der Waals surface area contributed by atoms with Gasteiger partial charge >= 0.3 is 6.36 Å². The van der Waals surface area contributed by atoms with E-state index in [0.717, 1.165) is 17.0 Å². The quantitative estimate of drug-likeness (QED) is 0.592. The fourth-order valence-electron chi connectivity index (χ4n) is 1.79. The van der Waals surface area contributed by atoms with E-state index in [1.54, 1.807) is 12.1 Å². The number of nitrogens with one attached hydrogen (secondary N) is 1. The van der Waals surface area contributed by atoms with Gasteiger partial charge in [0.25, 0.3) is 0 Å². The predicted molar refractivity (Wildman–Crippen MR) is 83.5 cm³/mol. The van der Waals surface area contributed by atoms with Crippen molar-refractivity contribution in [2.45, 2.75) is 17.7 Å². The zero-order valence-electron chi connectivity index (χ0n) is 12.3. The number of anilines is 1. The van der Waals surface area contributed by atoms with E-state index < -0.39 is 12.1 Å². The molecule has 0 unspecified atom stereocenters. The van der Waals surface area contributed by atoms with E-state index in [0.29, 0.717) is 5.75 Å². The Morgan fingerprint density at radius 1 is 1.12 bits per heavy atom. The number of hydrogen-bond donors (Lipinski definition) is 1. The molecule has 0 fully saturated rings. The van der Waals surface area contributed by atoms with Crippen LogP contribution in [0.2, 0.25) is 0 Å². The first-order chi connectivity index (χ1) is 11.3. The average Bonchev–Trinajstić information content (AvgIpc) is 2.48. The second-order valence-corrected chi connectivity index (χ2v) is 5.84. The van der Waals surface area contributed by atoms with Gasteiger partial charge < -0.3 is 10.1 Å². The van der Waals surface area contributed by atoms with Gasteiger partial charge in [-0.15, -0.1) is 24.9 Å². The van der Waals surface area contributed by atoms with Crippen molar-refractivity contribution in [2.24, 2.45) is 0 Å². The summed E-state index contributed by atoms with van der Waals surface area (Å²) >= 11 is 1.38. The molecule has 0 aromatic heterocycles. The van der Waals surface area contributed by atoms with E-state index >= 15 is 0 Å². The Hall–Kier alpha value is -2.22. The number of carbonyl (C=O) groups excluding carboxylic acids is 1. The van der Waals surface area contributed by atoms with Crippen LogP contribution in [0.15, 0.2) is 53.4 Å². The summed E-state index contributed by atoms with van der Waals surface area (Å²) in [6.07, 6.45) is -4.62. The van der Waals surface area contributed by atoms with Crippen molar-refractivity contribution in [3.8, 4) is 5.75 Å². The summed E-state index contributed by atoms with van der Waals surface area (Å²) in [6.45, 7) is 0. The summed E-state index contributed by atoms with van der Waals surface area (Å²) in [7, 11) is 0. The molecule has 0 aliphatic rings. The Balaban J connectivity index is 1.81. The van der Waals surface area contributed by atoms with E-state index in [1.165, 1.54) is 36.0 Å². The molecule has 0 spiro atoms. The molecule has 2 rings (SSSR count). The molecule has 1 amide bonds. The van der Waals surface area contributed by atoms with Crippen LogP contribution in [0.4, 0.5) is 23.2 Å². The molecule has 0 saturated heterocycles. The smallest absolute Gasteiger partial charge is 0.406 e. The number of rotatable bonds is 6. The third-order valence-corrected chi connectivity index (χ3v) is 3.78. The van der Waals surface area contributed by atoms with Crippen molar-refractivity contribution in [3.63, 3.8) is 0 Å². The lowest BCUT2D eigenvalue weighted by molar-refractivity contribution is -0.274. The molecule has 3 nitrogen and oxygen atoms in total. The van der Waals surface area contributed by atoms with Crippen molar-refractivity contribution in [1.29, 1.82) is 0 Å². The van der Waals surface area contributed by atoms with E-state index in [2.05, 4.69) is 10.1 Å². The van der Waals surface area contributed by atoms with Crippen LogP contribution in [0.25, 0.3) is 0 Å². The van der Waals surface area contributed by atoms with Gasteiger partial charge in [0, 0.05) is 28.8 Å². The highest BCUT2D eigenvalue weighted by molar-refractivity contribution is 7.99. The standard InChI is InChI=1S/C16H13F4NO2S/c17-11-4-6-14(7-5-11)24-9-8-15(22)21-12-2-1-3-13(10-12)23-16(18,19)20/h1-7,10H,8-9H2,(H,21,22). The Morgan fingerprint density at radius 2 is 1.83 bits per heavy atom. The molecule has 0 saturated carbocycles. The summed E-state index contributed by atoms with van der Waals surface area (Å²) in [6, 6.07) is 10.9. The molecule has 2 aromatic rings. The fourth-order valence-corrected chi connectivity index (χ4v) is 2.64. The SMILES string of the molecule is O=C(CCSc1ccc(F)cc1)Nc1cccc(OC(F)(F)F)c1. The van der Waals surface area contributed by atoms with Crippen LogP contribution in [0.5, 0.6) is 5.75 Å². The van der Waals surface area contributed by atoms with Crippen molar-refractivity contribution in [1.82, 2.24) is 0 Å². The summed E-state index contributed by atoms with van der Waals surface area (Å²) in [5, 5.41) is 2.50.